The Balaban J connectivity index is 1.51. The molecule has 1 aromatic carbocycles. The summed E-state index contributed by atoms with van der Waals surface area (Å²) in [7, 11) is 3.38. The molecule has 0 radical (unpaired) electrons. The highest BCUT2D eigenvalue weighted by molar-refractivity contribution is 5.89. The largest absolute Gasteiger partial charge is 0.484 e. The van der Waals surface area contributed by atoms with Crippen LogP contribution in [0.15, 0.2) is 24.3 Å². The maximum absolute atomic E-state index is 12.5. The zero-order valence-electron chi connectivity index (χ0n) is 15.6. The predicted octanol–water partition coefficient (Wildman–Crippen LogP) is 1.86. The zero-order chi connectivity index (χ0) is 18.5. The molecule has 0 aromatic heterocycles. The van der Waals surface area contributed by atoms with Crippen molar-refractivity contribution in [3.05, 3.63) is 24.3 Å². The third-order valence-corrected chi connectivity index (χ3v) is 5.05. The standard InChI is InChI=1S/C19H28N4O3/c1-21(2)18(24)14-26-17-7-5-6-15(12-17)20-19(25)23-11-8-16(13-23)22-9-3-4-10-22/h5-7,12,16H,3-4,8-11,13-14H2,1-2H3,(H,20,25). The van der Waals surface area contributed by atoms with Gasteiger partial charge in [0.1, 0.15) is 5.75 Å². The highest BCUT2D eigenvalue weighted by Gasteiger charge is 2.31. The minimum Gasteiger partial charge on any atom is -0.484 e. The third-order valence-electron chi connectivity index (χ3n) is 5.05. The van der Waals surface area contributed by atoms with E-state index in [0.717, 1.165) is 32.6 Å². The average molecular weight is 360 g/mol. The van der Waals surface area contributed by atoms with E-state index in [2.05, 4.69) is 10.2 Å². The molecule has 2 aliphatic heterocycles. The first kappa shape index (κ1) is 18.5. The molecule has 0 saturated carbocycles. The molecule has 3 rings (SSSR count). The Kier molecular flexibility index (Phi) is 5.98. The average Bonchev–Trinajstić information content (AvgIpc) is 3.30. The van der Waals surface area contributed by atoms with Crippen LogP contribution in [0.5, 0.6) is 5.75 Å². The number of likely N-dealkylation sites (N-methyl/N-ethyl adjacent to an activating group) is 1. The highest BCUT2D eigenvalue weighted by atomic mass is 16.5. The fraction of sp³-hybridized carbons (Fsp3) is 0.579. The molecule has 2 heterocycles. The molecular formula is C19H28N4O3. The molecule has 1 N–H and O–H groups in total. The number of rotatable bonds is 5. The molecule has 3 amide bonds. The van der Waals surface area contributed by atoms with E-state index in [1.807, 2.05) is 17.0 Å². The molecule has 1 atom stereocenters. The van der Waals surface area contributed by atoms with Gasteiger partial charge in [0.25, 0.3) is 5.91 Å². The Bertz CT molecular complexity index is 643. The summed E-state index contributed by atoms with van der Waals surface area (Å²) in [6.45, 7) is 3.88. The van der Waals surface area contributed by atoms with Crippen molar-refractivity contribution in [3.8, 4) is 5.75 Å². The van der Waals surface area contributed by atoms with Gasteiger partial charge < -0.3 is 19.9 Å². The number of ether oxygens (including phenoxy) is 1. The number of amides is 3. The molecule has 0 aliphatic carbocycles. The summed E-state index contributed by atoms with van der Waals surface area (Å²) in [6, 6.07) is 7.57. The molecule has 26 heavy (non-hydrogen) atoms. The fourth-order valence-corrected chi connectivity index (χ4v) is 3.47. The van der Waals surface area contributed by atoms with Gasteiger partial charge in [-0.25, -0.2) is 4.79 Å². The van der Waals surface area contributed by atoms with Gasteiger partial charge >= 0.3 is 6.03 Å². The molecule has 1 aromatic rings. The normalized spacial score (nSPS) is 20.2. The number of anilines is 1. The Morgan fingerprint density at radius 1 is 1.23 bits per heavy atom. The van der Waals surface area contributed by atoms with Crippen molar-refractivity contribution < 1.29 is 14.3 Å². The molecule has 142 valence electrons. The van der Waals surface area contributed by atoms with Crippen LogP contribution in [0.1, 0.15) is 19.3 Å². The summed E-state index contributed by atoms with van der Waals surface area (Å²) >= 11 is 0. The van der Waals surface area contributed by atoms with E-state index in [1.54, 1.807) is 26.2 Å². The smallest absolute Gasteiger partial charge is 0.321 e. The monoisotopic (exact) mass is 360 g/mol. The van der Waals surface area contributed by atoms with E-state index in [1.165, 1.54) is 17.7 Å². The van der Waals surface area contributed by atoms with Crippen molar-refractivity contribution in [2.45, 2.75) is 25.3 Å². The van der Waals surface area contributed by atoms with Crippen LogP contribution >= 0.6 is 0 Å². The number of nitrogens with zero attached hydrogens (tertiary/aromatic N) is 3. The van der Waals surface area contributed by atoms with Crippen LogP contribution < -0.4 is 10.1 Å². The van der Waals surface area contributed by atoms with Crippen LogP contribution in [0.2, 0.25) is 0 Å². The topological polar surface area (TPSA) is 65.1 Å². The van der Waals surface area contributed by atoms with Crippen molar-refractivity contribution in [1.29, 1.82) is 0 Å². The van der Waals surface area contributed by atoms with Crippen LogP contribution in [-0.4, -0.2) is 79.6 Å². The minimum absolute atomic E-state index is 0.0198. The van der Waals surface area contributed by atoms with E-state index in [-0.39, 0.29) is 18.5 Å². The lowest BCUT2D eigenvalue weighted by Gasteiger charge is -2.23. The van der Waals surface area contributed by atoms with Gasteiger partial charge in [-0.15, -0.1) is 0 Å². The van der Waals surface area contributed by atoms with Gasteiger partial charge in [0, 0.05) is 45.0 Å². The summed E-state index contributed by atoms with van der Waals surface area (Å²) in [5, 5.41) is 2.94. The molecule has 1 unspecified atom stereocenters. The predicted molar refractivity (Wildman–Crippen MR) is 100 cm³/mol. The second-order valence-electron chi connectivity index (χ2n) is 7.17. The molecule has 2 saturated heterocycles. The zero-order valence-corrected chi connectivity index (χ0v) is 15.6. The SMILES string of the molecule is CN(C)C(=O)COc1cccc(NC(=O)N2CCC(N3CCCC3)C2)c1. The third kappa shape index (κ3) is 4.66. The van der Waals surface area contributed by atoms with Gasteiger partial charge in [-0.2, -0.15) is 0 Å². The lowest BCUT2D eigenvalue weighted by atomic mass is 10.2. The molecule has 2 fully saturated rings. The summed E-state index contributed by atoms with van der Waals surface area (Å²) in [5.41, 5.74) is 0.675. The number of carbonyl (C=O) groups excluding carboxylic acids is 2. The second-order valence-corrected chi connectivity index (χ2v) is 7.17. The van der Waals surface area contributed by atoms with Crippen LogP contribution in [0.25, 0.3) is 0 Å². The van der Waals surface area contributed by atoms with Crippen LogP contribution in [0.3, 0.4) is 0 Å². The van der Waals surface area contributed by atoms with Gasteiger partial charge in [-0.05, 0) is 44.5 Å². The van der Waals surface area contributed by atoms with Gasteiger partial charge in [0.15, 0.2) is 6.61 Å². The Labute approximate surface area is 154 Å². The van der Waals surface area contributed by atoms with E-state index in [0.29, 0.717) is 17.5 Å². The van der Waals surface area contributed by atoms with Gasteiger partial charge in [0.2, 0.25) is 0 Å². The van der Waals surface area contributed by atoms with E-state index in [4.69, 9.17) is 4.74 Å². The lowest BCUT2D eigenvalue weighted by molar-refractivity contribution is -0.130. The number of urea groups is 1. The molecule has 7 heteroatoms. The van der Waals surface area contributed by atoms with Crippen molar-refractivity contribution in [2.75, 3.05) is 52.2 Å². The number of carbonyl (C=O) groups is 2. The number of likely N-dealkylation sites (tertiary alicyclic amines) is 2. The molecule has 0 spiro atoms. The van der Waals surface area contributed by atoms with Crippen LogP contribution in [-0.2, 0) is 4.79 Å². The molecular weight excluding hydrogens is 332 g/mol. The van der Waals surface area contributed by atoms with Gasteiger partial charge in [-0.3, -0.25) is 9.69 Å². The van der Waals surface area contributed by atoms with E-state index in [9.17, 15) is 9.59 Å². The molecule has 2 aliphatic rings. The highest BCUT2D eigenvalue weighted by Crippen LogP contribution is 2.22. The van der Waals surface area contributed by atoms with Crippen molar-refractivity contribution in [1.82, 2.24) is 14.7 Å². The summed E-state index contributed by atoms with van der Waals surface area (Å²) in [4.78, 5) is 30.0. The van der Waals surface area contributed by atoms with Crippen LogP contribution in [0, 0.1) is 0 Å². The van der Waals surface area contributed by atoms with E-state index < -0.39 is 0 Å². The van der Waals surface area contributed by atoms with Crippen LogP contribution in [0.4, 0.5) is 10.5 Å². The maximum Gasteiger partial charge on any atom is 0.321 e. The van der Waals surface area contributed by atoms with Crippen molar-refractivity contribution in [3.63, 3.8) is 0 Å². The first-order chi connectivity index (χ1) is 12.5. The van der Waals surface area contributed by atoms with Crippen molar-refractivity contribution >= 4 is 17.6 Å². The quantitative estimate of drug-likeness (QED) is 0.870. The second kappa shape index (κ2) is 8.40. The summed E-state index contributed by atoms with van der Waals surface area (Å²) in [6.07, 6.45) is 3.58. The van der Waals surface area contributed by atoms with Gasteiger partial charge in [0.05, 0.1) is 0 Å². The lowest BCUT2D eigenvalue weighted by Crippen LogP contribution is -2.38. The Morgan fingerprint density at radius 2 is 2.00 bits per heavy atom. The Hall–Kier alpha value is -2.28. The number of hydrogen-bond acceptors (Lipinski definition) is 4. The summed E-state index contributed by atoms with van der Waals surface area (Å²) in [5.74, 6) is 0.457. The van der Waals surface area contributed by atoms with Gasteiger partial charge in [-0.1, -0.05) is 6.07 Å². The Morgan fingerprint density at radius 3 is 2.73 bits per heavy atom. The first-order valence-corrected chi connectivity index (χ1v) is 9.26. The summed E-state index contributed by atoms with van der Waals surface area (Å²) < 4.78 is 5.50. The number of hydrogen-bond donors (Lipinski definition) is 1. The fourth-order valence-electron chi connectivity index (χ4n) is 3.47. The first-order valence-electron chi connectivity index (χ1n) is 9.26. The van der Waals surface area contributed by atoms with E-state index >= 15 is 0 Å². The number of nitrogens with one attached hydrogen (secondary N) is 1. The number of benzene rings is 1. The van der Waals surface area contributed by atoms with Crippen molar-refractivity contribution in [2.24, 2.45) is 0 Å². The minimum atomic E-state index is -0.107. The maximum atomic E-state index is 12.5. The molecule has 7 nitrogen and oxygen atoms in total. The molecule has 0 bridgehead atoms.